The van der Waals surface area contributed by atoms with E-state index in [0.29, 0.717) is 0 Å². The van der Waals surface area contributed by atoms with Crippen LogP contribution in [0.25, 0.3) is 0 Å². The summed E-state index contributed by atoms with van der Waals surface area (Å²) in [6, 6.07) is 0. The first-order valence-corrected chi connectivity index (χ1v) is 7.63. The monoisotopic (exact) mass is 270 g/mol. The summed E-state index contributed by atoms with van der Waals surface area (Å²) in [6.07, 6.45) is 0. The molecule has 0 amide bonds. The van der Waals surface area contributed by atoms with E-state index in [4.69, 9.17) is 0 Å². The molecular formula is C18H38O. The highest BCUT2D eigenvalue weighted by molar-refractivity contribution is 5.04. The maximum Gasteiger partial charge on any atom is 0.0622 e. The van der Waals surface area contributed by atoms with Crippen molar-refractivity contribution in [2.75, 3.05) is 0 Å². The van der Waals surface area contributed by atoms with Gasteiger partial charge in [-0.3, -0.25) is 0 Å². The minimum absolute atomic E-state index is 0.0298. The van der Waals surface area contributed by atoms with E-state index in [1.54, 1.807) is 0 Å². The van der Waals surface area contributed by atoms with E-state index >= 15 is 0 Å². The molecule has 0 aromatic carbocycles. The Bertz CT molecular complexity index is 308. The van der Waals surface area contributed by atoms with Gasteiger partial charge >= 0.3 is 0 Å². The summed E-state index contributed by atoms with van der Waals surface area (Å²) in [6.45, 7) is 27.1. The summed E-state index contributed by atoms with van der Waals surface area (Å²) in [4.78, 5) is 0. The Hall–Kier alpha value is -0.0400. The van der Waals surface area contributed by atoms with Crippen molar-refractivity contribution < 1.29 is 5.11 Å². The van der Waals surface area contributed by atoms with Gasteiger partial charge in [0.25, 0.3) is 0 Å². The number of aliphatic hydroxyl groups is 1. The molecule has 1 heteroatoms. The van der Waals surface area contributed by atoms with E-state index in [0.717, 1.165) is 0 Å². The van der Waals surface area contributed by atoms with Crippen LogP contribution in [-0.4, -0.2) is 10.7 Å². The normalized spacial score (nSPS) is 17.5. The van der Waals surface area contributed by atoms with Gasteiger partial charge in [0.2, 0.25) is 0 Å². The average Bonchev–Trinajstić information content (AvgIpc) is 2.12. The van der Waals surface area contributed by atoms with Gasteiger partial charge in [0.1, 0.15) is 0 Å². The molecule has 116 valence electrons. The average molecular weight is 271 g/mol. The Labute approximate surface area is 122 Å². The second-order valence-electron chi connectivity index (χ2n) is 9.60. The smallest absolute Gasteiger partial charge is 0.0622 e. The van der Waals surface area contributed by atoms with Gasteiger partial charge in [0.15, 0.2) is 0 Å². The van der Waals surface area contributed by atoms with E-state index in [9.17, 15) is 5.11 Å². The summed E-state index contributed by atoms with van der Waals surface area (Å²) in [5.74, 6) is 0.219. The van der Waals surface area contributed by atoms with Crippen molar-refractivity contribution in [3.05, 3.63) is 0 Å². The molecule has 0 aliphatic rings. The van der Waals surface area contributed by atoms with Crippen LogP contribution >= 0.6 is 0 Å². The summed E-state index contributed by atoms with van der Waals surface area (Å²) >= 11 is 0. The maximum atomic E-state index is 10.5. The molecule has 1 unspecified atom stereocenters. The van der Waals surface area contributed by atoms with Crippen LogP contribution in [0.1, 0.15) is 83.1 Å². The molecule has 0 aromatic heterocycles. The third-order valence-corrected chi connectivity index (χ3v) is 7.19. The molecule has 0 fully saturated rings. The van der Waals surface area contributed by atoms with Crippen molar-refractivity contribution in [3.63, 3.8) is 0 Å². The Balaban J connectivity index is 5.78. The highest BCUT2D eigenvalue weighted by Crippen LogP contribution is 2.62. The number of rotatable bonds is 4. The predicted octanol–water partition coefficient (Wildman–Crippen LogP) is 5.52. The summed E-state index contributed by atoms with van der Waals surface area (Å²) in [5.41, 5.74) is -0.162. The van der Waals surface area contributed by atoms with Crippen LogP contribution in [0.5, 0.6) is 0 Å². The molecule has 1 atom stereocenters. The van der Waals surface area contributed by atoms with Crippen LogP contribution in [0.15, 0.2) is 0 Å². The molecule has 0 radical (unpaired) electrons. The molecule has 0 rings (SSSR count). The first kappa shape index (κ1) is 19.0. The lowest BCUT2D eigenvalue weighted by Gasteiger charge is -2.61. The summed E-state index contributed by atoms with van der Waals surface area (Å²) < 4.78 is 0. The third kappa shape index (κ3) is 3.01. The lowest BCUT2D eigenvalue weighted by molar-refractivity contribution is -0.147. The zero-order valence-corrected chi connectivity index (χ0v) is 15.5. The Kier molecular flexibility index (Phi) is 4.75. The van der Waals surface area contributed by atoms with Crippen LogP contribution in [0, 0.1) is 27.6 Å². The highest BCUT2D eigenvalue weighted by atomic mass is 16.3. The zero-order chi connectivity index (χ0) is 16.1. The number of hydrogen-bond acceptors (Lipinski definition) is 1. The van der Waals surface area contributed by atoms with E-state index in [2.05, 4.69) is 69.2 Å². The van der Waals surface area contributed by atoms with Crippen molar-refractivity contribution in [2.45, 2.75) is 88.7 Å². The number of hydrogen-bond donors (Lipinski definition) is 1. The Morgan fingerprint density at radius 1 is 0.632 bits per heavy atom. The van der Waals surface area contributed by atoms with E-state index in [-0.39, 0.29) is 27.6 Å². The van der Waals surface area contributed by atoms with Crippen LogP contribution in [-0.2, 0) is 0 Å². The first-order valence-electron chi connectivity index (χ1n) is 7.63. The minimum atomic E-state index is -0.658. The van der Waals surface area contributed by atoms with Gasteiger partial charge in [0.05, 0.1) is 5.60 Å². The van der Waals surface area contributed by atoms with E-state index in [1.807, 2.05) is 13.8 Å². The van der Waals surface area contributed by atoms with Crippen molar-refractivity contribution in [2.24, 2.45) is 27.6 Å². The van der Waals surface area contributed by atoms with Crippen molar-refractivity contribution in [1.29, 1.82) is 0 Å². The topological polar surface area (TPSA) is 20.2 Å². The summed E-state index contributed by atoms with van der Waals surface area (Å²) in [7, 11) is 0. The minimum Gasteiger partial charge on any atom is -0.390 e. The molecule has 0 saturated heterocycles. The van der Waals surface area contributed by atoms with E-state index < -0.39 is 5.60 Å². The van der Waals surface area contributed by atoms with Crippen LogP contribution in [0.3, 0.4) is 0 Å². The molecule has 0 bridgehead atoms. The van der Waals surface area contributed by atoms with Crippen molar-refractivity contribution in [1.82, 2.24) is 0 Å². The van der Waals surface area contributed by atoms with Gasteiger partial charge in [0, 0.05) is 0 Å². The fraction of sp³-hybridized carbons (Fsp3) is 1.00. The quantitative estimate of drug-likeness (QED) is 0.713. The largest absolute Gasteiger partial charge is 0.390 e. The third-order valence-electron chi connectivity index (χ3n) is 7.19. The Morgan fingerprint density at radius 2 is 0.947 bits per heavy atom. The maximum absolute atomic E-state index is 10.5. The Morgan fingerprint density at radius 3 is 1.16 bits per heavy atom. The molecule has 0 aliphatic carbocycles. The lowest BCUT2D eigenvalue weighted by atomic mass is 9.44. The van der Waals surface area contributed by atoms with Crippen LogP contribution in [0.4, 0.5) is 0 Å². The van der Waals surface area contributed by atoms with Gasteiger partial charge in [-0.2, -0.15) is 0 Å². The molecule has 0 spiro atoms. The fourth-order valence-corrected chi connectivity index (χ4v) is 3.17. The molecule has 0 aromatic rings. The van der Waals surface area contributed by atoms with Crippen molar-refractivity contribution >= 4 is 0 Å². The predicted molar refractivity (Wildman–Crippen MR) is 86.3 cm³/mol. The zero-order valence-electron chi connectivity index (χ0n) is 15.5. The molecule has 1 nitrogen and oxygen atoms in total. The second kappa shape index (κ2) is 4.76. The van der Waals surface area contributed by atoms with Gasteiger partial charge in [-0.15, -0.1) is 0 Å². The SMILES string of the molecule is CC(C(C)(C)O)C(C)(C)C(C)(C)C(C)(C)C(C)(C)C. The van der Waals surface area contributed by atoms with Crippen LogP contribution < -0.4 is 0 Å². The molecule has 1 N–H and O–H groups in total. The molecule has 19 heavy (non-hydrogen) atoms. The van der Waals surface area contributed by atoms with Gasteiger partial charge < -0.3 is 5.11 Å². The summed E-state index contributed by atoms with van der Waals surface area (Å²) in [5, 5.41) is 10.5. The fourth-order valence-electron chi connectivity index (χ4n) is 3.17. The van der Waals surface area contributed by atoms with Crippen molar-refractivity contribution in [3.8, 4) is 0 Å². The van der Waals surface area contributed by atoms with Gasteiger partial charge in [-0.1, -0.05) is 69.2 Å². The highest BCUT2D eigenvalue weighted by Gasteiger charge is 2.56. The molecular weight excluding hydrogens is 232 g/mol. The molecule has 0 heterocycles. The van der Waals surface area contributed by atoms with Gasteiger partial charge in [-0.05, 0) is 41.4 Å². The first-order chi connectivity index (χ1) is 7.90. The molecule has 0 saturated carbocycles. The second-order valence-corrected chi connectivity index (χ2v) is 9.60. The lowest BCUT2D eigenvalue weighted by Crippen LogP contribution is -2.56. The van der Waals surface area contributed by atoms with Crippen LogP contribution in [0.2, 0.25) is 0 Å². The van der Waals surface area contributed by atoms with E-state index in [1.165, 1.54) is 0 Å². The standard InChI is InChI=1S/C18H38O/c1-13(16(7,8)19)15(5,6)18(11,12)17(9,10)14(2,3)4/h13,19H,1-12H3. The van der Waals surface area contributed by atoms with Gasteiger partial charge in [-0.25, -0.2) is 0 Å². The molecule has 0 aliphatic heterocycles.